The van der Waals surface area contributed by atoms with E-state index in [9.17, 15) is 4.79 Å². The Morgan fingerprint density at radius 3 is 2.62 bits per heavy atom. The molecule has 0 aliphatic heterocycles. The minimum atomic E-state index is -0.306. The van der Waals surface area contributed by atoms with Crippen molar-refractivity contribution in [1.29, 1.82) is 0 Å². The third kappa shape index (κ3) is 3.64. The lowest BCUT2D eigenvalue weighted by atomic mass is 10.1. The van der Waals surface area contributed by atoms with Gasteiger partial charge in [-0.3, -0.25) is 4.79 Å². The average molecular weight is 341 g/mol. The topological polar surface area (TPSA) is 85.1 Å². The van der Waals surface area contributed by atoms with Gasteiger partial charge in [-0.15, -0.1) is 5.10 Å². The van der Waals surface area contributed by atoms with E-state index >= 15 is 0 Å². The van der Waals surface area contributed by atoms with Crippen LogP contribution in [-0.4, -0.2) is 31.8 Å². The number of carbonyl (C=O) groups excluding carboxylic acids is 1. The molecule has 0 radical (unpaired) electrons. The molecule has 1 amide bonds. The maximum atomic E-state index is 12.2. The molecule has 0 aliphatic rings. The Morgan fingerprint density at radius 1 is 1.17 bits per heavy atom. The molecule has 8 heteroatoms. The summed E-state index contributed by atoms with van der Waals surface area (Å²) >= 11 is 5.95. The van der Waals surface area contributed by atoms with Crippen molar-refractivity contribution in [3.05, 3.63) is 71.0 Å². The van der Waals surface area contributed by atoms with E-state index in [-0.39, 0.29) is 5.91 Å². The molecule has 3 rings (SSSR count). The van der Waals surface area contributed by atoms with Gasteiger partial charge >= 0.3 is 0 Å². The zero-order valence-electron chi connectivity index (χ0n) is 12.7. The van der Waals surface area contributed by atoms with Gasteiger partial charge in [0.05, 0.1) is 11.4 Å². The van der Waals surface area contributed by atoms with Crippen molar-refractivity contribution in [1.82, 2.24) is 25.6 Å². The first-order valence-electron chi connectivity index (χ1n) is 7.07. The van der Waals surface area contributed by atoms with Crippen LogP contribution in [0.2, 0.25) is 5.02 Å². The number of hydrazone groups is 1. The Hall–Kier alpha value is -3.06. The van der Waals surface area contributed by atoms with Gasteiger partial charge in [0.25, 0.3) is 5.91 Å². The number of nitrogens with zero attached hydrogens (tertiary/aromatic N) is 5. The van der Waals surface area contributed by atoms with E-state index in [1.165, 1.54) is 11.0 Å². The van der Waals surface area contributed by atoms with Crippen LogP contribution in [0.3, 0.4) is 0 Å². The van der Waals surface area contributed by atoms with Gasteiger partial charge in [0.15, 0.2) is 0 Å². The molecule has 0 aliphatic carbocycles. The number of carbonyl (C=O) groups is 1. The average Bonchev–Trinajstić information content (AvgIpc) is 3.14. The first-order chi connectivity index (χ1) is 11.6. The Kier molecular flexibility index (Phi) is 4.62. The van der Waals surface area contributed by atoms with Crippen molar-refractivity contribution >= 4 is 23.2 Å². The van der Waals surface area contributed by atoms with Gasteiger partial charge < -0.3 is 0 Å². The van der Waals surface area contributed by atoms with E-state index < -0.39 is 0 Å². The highest BCUT2D eigenvalue weighted by Crippen LogP contribution is 2.11. The normalized spacial score (nSPS) is 11.3. The van der Waals surface area contributed by atoms with Crippen LogP contribution in [0.1, 0.15) is 22.8 Å². The van der Waals surface area contributed by atoms with Gasteiger partial charge in [-0.2, -0.15) is 5.10 Å². The van der Waals surface area contributed by atoms with Gasteiger partial charge in [-0.05, 0) is 59.3 Å². The number of nitrogens with one attached hydrogen (secondary N) is 1. The van der Waals surface area contributed by atoms with E-state index in [4.69, 9.17) is 11.6 Å². The lowest BCUT2D eigenvalue weighted by Gasteiger charge is -2.04. The van der Waals surface area contributed by atoms with Crippen LogP contribution in [-0.2, 0) is 0 Å². The maximum Gasteiger partial charge on any atom is 0.271 e. The fourth-order valence-electron chi connectivity index (χ4n) is 2.02. The van der Waals surface area contributed by atoms with E-state index in [0.29, 0.717) is 16.3 Å². The number of rotatable bonds is 4. The minimum Gasteiger partial charge on any atom is -0.267 e. The zero-order chi connectivity index (χ0) is 16.9. The van der Waals surface area contributed by atoms with Crippen LogP contribution in [0.4, 0.5) is 0 Å². The minimum absolute atomic E-state index is 0.306. The monoisotopic (exact) mass is 340 g/mol. The van der Waals surface area contributed by atoms with Crippen LogP contribution in [0.5, 0.6) is 0 Å². The molecule has 0 fully saturated rings. The number of aromatic nitrogens is 4. The first kappa shape index (κ1) is 15.8. The highest BCUT2D eigenvalue weighted by molar-refractivity contribution is 6.31. The van der Waals surface area contributed by atoms with Crippen LogP contribution in [0, 0.1) is 0 Å². The van der Waals surface area contributed by atoms with Crippen LogP contribution >= 0.6 is 11.6 Å². The molecule has 3 aromatic rings. The summed E-state index contributed by atoms with van der Waals surface area (Å²) in [6, 6.07) is 14.1. The van der Waals surface area contributed by atoms with Crippen molar-refractivity contribution < 1.29 is 4.79 Å². The summed E-state index contributed by atoms with van der Waals surface area (Å²) < 4.78 is 1.50. The second kappa shape index (κ2) is 7.01. The summed E-state index contributed by atoms with van der Waals surface area (Å²) in [6.07, 6.45) is 1.48. The molecule has 1 N–H and O–H groups in total. The van der Waals surface area contributed by atoms with E-state index in [0.717, 1.165) is 11.3 Å². The third-order valence-electron chi connectivity index (χ3n) is 3.31. The Bertz CT molecular complexity index is 874. The number of amides is 1. The molecular formula is C16H13ClN6O. The molecule has 2 aromatic carbocycles. The molecule has 0 saturated heterocycles. The van der Waals surface area contributed by atoms with Gasteiger partial charge in [0.2, 0.25) is 0 Å². The summed E-state index contributed by atoms with van der Waals surface area (Å²) in [5.41, 5.74) is 5.28. The van der Waals surface area contributed by atoms with Crippen LogP contribution in [0.25, 0.3) is 5.69 Å². The standard InChI is InChI=1S/C16H13ClN6O/c1-11(13-3-2-4-14(17)9-13)19-20-16(24)12-5-7-15(8-6-12)23-10-18-21-22-23/h2-10H,1H3,(H,20,24)/b19-11+. The third-order valence-corrected chi connectivity index (χ3v) is 3.55. The number of benzene rings is 2. The van der Waals surface area contributed by atoms with Gasteiger partial charge in [-0.1, -0.05) is 23.7 Å². The Morgan fingerprint density at radius 2 is 1.96 bits per heavy atom. The predicted octanol–water partition coefficient (Wildman–Crippen LogP) is 2.47. The molecule has 0 atom stereocenters. The molecule has 0 bridgehead atoms. The number of hydrogen-bond donors (Lipinski definition) is 1. The molecule has 0 spiro atoms. The predicted molar refractivity (Wildman–Crippen MR) is 90.3 cm³/mol. The molecule has 7 nitrogen and oxygen atoms in total. The Balaban J connectivity index is 1.69. The fraction of sp³-hybridized carbons (Fsp3) is 0.0625. The molecule has 0 unspecified atom stereocenters. The quantitative estimate of drug-likeness (QED) is 0.584. The molecule has 24 heavy (non-hydrogen) atoms. The van der Waals surface area contributed by atoms with Crippen molar-refractivity contribution in [2.75, 3.05) is 0 Å². The van der Waals surface area contributed by atoms with Crippen molar-refractivity contribution in [2.45, 2.75) is 6.92 Å². The van der Waals surface area contributed by atoms with E-state index in [1.54, 1.807) is 43.3 Å². The van der Waals surface area contributed by atoms with Crippen molar-refractivity contribution in [3.8, 4) is 5.69 Å². The second-order valence-corrected chi connectivity index (χ2v) is 5.39. The van der Waals surface area contributed by atoms with Crippen molar-refractivity contribution in [3.63, 3.8) is 0 Å². The highest BCUT2D eigenvalue weighted by atomic mass is 35.5. The summed E-state index contributed by atoms with van der Waals surface area (Å²) in [5, 5.41) is 15.6. The van der Waals surface area contributed by atoms with E-state index in [2.05, 4.69) is 26.1 Å². The zero-order valence-corrected chi connectivity index (χ0v) is 13.5. The van der Waals surface area contributed by atoms with Crippen LogP contribution in [0.15, 0.2) is 60.0 Å². The van der Waals surface area contributed by atoms with Crippen molar-refractivity contribution in [2.24, 2.45) is 5.10 Å². The number of halogens is 1. The molecule has 1 heterocycles. The SMILES string of the molecule is C/C(=N\NC(=O)c1ccc(-n2cnnn2)cc1)c1cccc(Cl)c1. The largest absolute Gasteiger partial charge is 0.271 e. The van der Waals surface area contributed by atoms with Gasteiger partial charge in [0, 0.05) is 10.6 Å². The van der Waals surface area contributed by atoms with Gasteiger partial charge in [0.1, 0.15) is 6.33 Å². The number of hydrogen-bond acceptors (Lipinski definition) is 5. The maximum absolute atomic E-state index is 12.2. The molecule has 1 aromatic heterocycles. The molecule has 0 saturated carbocycles. The first-order valence-corrected chi connectivity index (χ1v) is 7.45. The fourth-order valence-corrected chi connectivity index (χ4v) is 2.21. The summed E-state index contributed by atoms with van der Waals surface area (Å²) in [4.78, 5) is 12.2. The Labute approximate surface area is 143 Å². The lowest BCUT2D eigenvalue weighted by molar-refractivity contribution is 0.0955. The molecular weight excluding hydrogens is 328 g/mol. The van der Waals surface area contributed by atoms with E-state index in [1.807, 2.05) is 12.1 Å². The van der Waals surface area contributed by atoms with Crippen LogP contribution < -0.4 is 5.43 Å². The smallest absolute Gasteiger partial charge is 0.267 e. The number of tetrazole rings is 1. The lowest BCUT2D eigenvalue weighted by Crippen LogP contribution is -2.19. The van der Waals surface area contributed by atoms with Gasteiger partial charge in [-0.25, -0.2) is 10.1 Å². The summed E-state index contributed by atoms with van der Waals surface area (Å²) in [6.45, 7) is 1.80. The highest BCUT2D eigenvalue weighted by Gasteiger charge is 2.06. The second-order valence-electron chi connectivity index (χ2n) is 4.95. The molecule has 120 valence electrons. The summed E-state index contributed by atoms with van der Waals surface area (Å²) in [7, 11) is 0. The summed E-state index contributed by atoms with van der Waals surface area (Å²) in [5.74, 6) is -0.306.